The number of aromatic hydroxyl groups is 3. The second kappa shape index (κ2) is 9.04. The number of carboxylic acid groups (broad SMARTS) is 1. The molecule has 19 heavy (non-hydrogen) atoms. The van der Waals surface area contributed by atoms with Crippen molar-refractivity contribution in [3.63, 3.8) is 0 Å². The zero-order chi connectivity index (χ0) is 14.8. The number of carboxylic acids is 1. The van der Waals surface area contributed by atoms with Crippen LogP contribution in [0.5, 0.6) is 17.2 Å². The van der Waals surface area contributed by atoms with Crippen molar-refractivity contribution in [1.82, 2.24) is 0 Å². The number of aromatic carboxylic acids is 1. The first-order chi connectivity index (χ1) is 8.93. The summed E-state index contributed by atoms with van der Waals surface area (Å²) in [5.74, 6) is -3.33. The van der Waals surface area contributed by atoms with Gasteiger partial charge in [-0.15, -0.1) is 0 Å². The van der Waals surface area contributed by atoms with E-state index in [0.717, 1.165) is 18.6 Å². The summed E-state index contributed by atoms with van der Waals surface area (Å²) in [7, 11) is 0. The highest BCUT2D eigenvalue weighted by Gasteiger charge is 2.11. The first-order valence-electron chi connectivity index (χ1n) is 6.03. The third-order valence-electron chi connectivity index (χ3n) is 2.33. The second-order valence-electron chi connectivity index (χ2n) is 3.95. The van der Waals surface area contributed by atoms with Gasteiger partial charge in [-0.05, 0) is 18.6 Å². The standard InChI is InChI=1S/C7H6O5.C6H14O/c8-4-1-3(7(11)12)2-5(9)6(4)10;1-2-3-4-5-6-7/h1-2,8-10H,(H,11,12);7H,2-6H2,1H3. The molecule has 5 N–H and O–H groups in total. The van der Waals surface area contributed by atoms with Gasteiger partial charge in [0.2, 0.25) is 0 Å². The Kier molecular flexibility index (Phi) is 8.12. The molecule has 0 atom stereocenters. The van der Waals surface area contributed by atoms with Gasteiger partial charge in [0.1, 0.15) is 0 Å². The van der Waals surface area contributed by atoms with Crippen LogP contribution >= 0.6 is 0 Å². The number of rotatable bonds is 5. The van der Waals surface area contributed by atoms with Crippen LogP contribution in [0.25, 0.3) is 0 Å². The molecular weight excluding hydrogens is 252 g/mol. The summed E-state index contributed by atoms with van der Waals surface area (Å²) in [6.07, 6.45) is 4.68. The molecule has 0 aromatic heterocycles. The number of aliphatic hydroxyl groups is 1. The summed E-state index contributed by atoms with van der Waals surface area (Å²) in [5.41, 5.74) is -0.289. The molecule has 108 valence electrons. The highest BCUT2D eigenvalue weighted by Crippen LogP contribution is 2.35. The lowest BCUT2D eigenvalue weighted by atomic mass is 10.2. The quantitative estimate of drug-likeness (QED) is 0.413. The summed E-state index contributed by atoms with van der Waals surface area (Å²) < 4.78 is 0. The third-order valence-corrected chi connectivity index (χ3v) is 2.33. The summed E-state index contributed by atoms with van der Waals surface area (Å²) in [5, 5.41) is 43.2. The molecular formula is C13H20O6. The number of hydrogen-bond acceptors (Lipinski definition) is 5. The number of hydrogen-bond donors (Lipinski definition) is 5. The average Bonchev–Trinajstić information content (AvgIpc) is 2.36. The van der Waals surface area contributed by atoms with E-state index in [9.17, 15) is 4.79 Å². The van der Waals surface area contributed by atoms with Crippen LogP contribution in [-0.2, 0) is 0 Å². The zero-order valence-electron chi connectivity index (χ0n) is 10.8. The predicted molar refractivity (Wildman–Crippen MR) is 69.6 cm³/mol. The van der Waals surface area contributed by atoms with Crippen molar-refractivity contribution in [2.24, 2.45) is 0 Å². The Labute approximate surface area is 111 Å². The molecule has 1 aromatic rings. The molecule has 0 aliphatic heterocycles. The molecule has 6 nitrogen and oxygen atoms in total. The van der Waals surface area contributed by atoms with Crippen LogP contribution in [0.1, 0.15) is 43.0 Å². The smallest absolute Gasteiger partial charge is 0.335 e. The highest BCUT2D eigenvalue weighted by molar-refractivity contribution is 5.89. The van der Waals surface area contributed by atoms with Crippen molar-refractivity contribution in [1.29, 1.82) is 0 Å². The fourth-order valence-electron chi connectivity index (χ4n) is 1.27. The molecule has 0 saturated heterocycles. The van der Waals surface area contributed by atoms with E-state index < -0.39 is 23.2 Å². The molecule has 6 heteroatoms. The Balaban J connectivity index is 0.000000399. The number of aliphatic hydroxyl groups excluding tert-OH is 1. The minimum atomic E-state index is -1.29. The van der Waals surface area contributed by atoms with E-state index in [-0.39, 0.29) is 5.56 Å². The van der Waals surface area contributed by atoms with Gasteiger partial charge in [0.15, 0.2) is 17.2 Å². The first kappa shape index (κ1) is 17.1. The van der Waals surface area contributed by atoms with Gasteiger partial charge in [0.05, 0.1) is 5.56 Å². The van der Waals surface area contributed by atoms with Gasteiger partial charge in [-0.3, -0.25) is 0 Å². The molecule has 0 fully saturated rings. The summed E-state index contributed by atoms with van der Waals surface area (Å²) in [6, 6.07) is 1.69. The van der Waals surface area contributed by atoms with Crippen LogP contribution in [-0.4, -0.2) is 38.1 Å². The maximum atomic E-state index is 10.3. The van der Waals surface area contributed by atoms with E-state index in [1.54, 1.807) is 0 Å². The number of phenols is 3. The summed E-state index contributed by atoms with van der Waals surface area (Å²) in [6.45, 7) is 2.53. The minimum absolute atomic E-state index is 0.289. The van der Waals surface area contributed by atoms with E-state index >= 15 is 0 Å². The van der Waals surface area contributed by atoms with Crippen LogP contribution in [0.3, 0.4) is 0 Å². The largest absolute Gasteiger partial charge is 0.504 e. The number of carbonyl (C=O) groups is 1. The lowest BCUT2D eigenvalue weighted by Crippen LogP contribution is -1.95. The van der Waals surface area contributed by atoms with E-state index in [2.05, 4.69) is 6.92 Å². The normalized spacial score (nSPS) is 9.58. The van der Waals surface area contributed by atoms with Crippen LogP contribution < -0.4 is 0 Å². The van der Waals surface area contributed by atoms with Gasteiger partial charge >= 0.3 is 5.97 Å². The molecule has 0 aliphatic rings. The van der Waals surface area contributed by atoms with E-state index in [0.29, 0.717) is 6.61 Å². The fourth-order valence-corrected chi connectivity index (χ4v) is 1.27. The van der Waals surface area contributed by atoms with E-state index in [4.69, 9.17) is 25.5 Å². The molecule has 0 unspecified atom stereocenters. The molecule has 0 radical (unpaired) electrons. The Morgan fingerprint density at radius 1 is 1.05 bits per heavy atom. The lowest BCUT2D eigenvalue weighted by molar-refractivity contribution is 0.0696. The van der Waals surface area contributed by atoms with Crippen molar-refractivity contribution >= 4 is 5.97 Å². The van der Waals surface area contributed by atoms with Gasteiger partial charge in [-0.25, -0.2) is 4.79 Å². The van der Waals surface area contributed by atoms with Crippen LogP contribution in [0.15, 0.2) is 12.1 Å². The van der Waals surface area contributed by atoms with Crippen molar-refractivity contribution in [3.8, 4) is 17.2 Å². The molecule has 1 rings (SSSR count). The summed E-state index contributed by atoms with van der Waals surface area (Å²) in [4.78, 5) is 10.3. The first-order valence-corrected chi connectivity index (χ1v) is 6.03. The number of benzene rings is 1. The monoisotopic (exact) mass is 272 g/mol. The van der Waals surface area contributed by atoms with Gasteiger partial charge in [0, 0.05) is 6.61 Å². The molecule has 0 spiro atoms. The lowest BCUT2D eigenvalue weighted by Gasteiger charge is -2.01. The van der Waals surface area contributed by atoms with E-state index in [1.165, 1.54) is 19.3 Å². The fraction of sp³-hybridized carbons (Fsp3) is 0.462. The molecule has 1 aromatic carbocycles. The third kappa shape index (κ3) is 6.52. The van der Waals surface area contributed by atoms with Crippen LogP contribution in [0, 0.1) is 0 Å². The van der Waals surface area contributed by atoms with Gasteiger partial charge in [-0.2, -0.15) is 0 Å². The Morgan fingerprint density at radius 2 is 1.58 bits per heavy atom. The maximum Gasteiger partial charge on any atom is 0.335 e. The van der Waals surface area contributed by atoms with Crippen molar-refractivity contribution in [2.75, 3.05) is 6.61 Å². The molecule has 0 aliphatic carbocycles. The highest BCUT2D eigenvalue weighted by atomic mass is 16.4. The molecule has 0 saturated carbocycles. The van der Waals surface area contributed by atoms with Crippen molar-refractivity contribution in [3.05, 3.63) is 17.7 Å². The van der Waals surface area contributed by atoms with Crippen molar-refractivity contribution < 1.29 is 30.3 Å². The second-order valence-corrected chi connectivity index (χ2v) is 3.95. The zero-order valence-corrected chi connectivity index (χ0v) is 10.8. The average molecular weight is 272 g/mol. The predicted octanol–water partition coefficient (Wildman–Crippen LogP) is 2.06. The van der Waals surface area contributed by atoms with Gasteiger partial charge in [0.25, 0.3) is 0 Å². The van der Waals surface area contributed by atoms with Gasteiger partial charge in [-0.1, -0.05) is 26.2 Å². The summed E-state index contributed by atoms with van der Waals surface area (Å²) >= 11 is 0. The topological polar surface area (TPSA) is 118 Å². The minimum Gasteiger partial charge on any atom is -0.504 e. The van der Waals surface area contributed by atoms with Crippen molar-refractivity contribution in [2.45, 2.75) is 32.6 Å². The number of phenolic OH excluding ortho intramolecular Hbond substituents is 3. The molecule has 0 bridgehead atoms. The van der Waals surface area contributed by atoms with Crippen LogP contribution in [0.2, 0.25) is 0 Å². The SMILES string of the molecule is CCCCCCO.O=C(O)c1cc(O)c(O)c(O)c1. The Hall–Kier alpha value is -1.95. The Bertz CT molecular complexity index is 375. The maximum absolute atomic E-state index is 10.3. The molecule has 0 amide bonds. The van der Waals surface area contributed by atoms with Gasteiger partial charge < -0.3 is 25.5 Å². The van der Waals surface area contributed by atoms with E-state index in [1.807, 2.05) is 0 Å². The number of unbranched alkanes of at least 4 members (excludes halogenated alkanes) is 3. The molecule has 0 heterocycles. The Morgan fingerprint density at radius 3 is 1.95 bits per heavy atom. The van der Waals surface area contributed by atoms with Crippen LogP contribution in [0.4, 0.5) is 0 Å².